The molecule has 7 heteroatoms. The number of benzene rings is 1. The van der Waals surface area contributed by atoms with Crippen LogP contribution >= 0.6 is 0 Å². The van der Waals surface area contributed by atoms with E-state index < -0.39 is 11.7 Å². The van der Waals surface area contributed by atoms with E-state index in [4.69, 9.17) is 0 Å². The van der Waals surface area contributed by atoms with Gasteiger partial charge in [-0.3, -0.25) is 9.48 Å². The Morgan fingerprint density at radius 1 is 1.14 bits per heavy atom. The summed E-state index contributed by atoms with van der Waals surface area (Å²) < 4.78 is 39.3. The Balaban J connectivity index is 1.65. The summed E-state index contributed by atoms with van der Waals surface area (Å²) in [6.45, 7) is 1.69. The zero-order valence-electron chi connectivity index (χ0n) is 11.7. The van der Waals surface area contributed by atoms with E-state index in [0.717, 1.165) is 17.8 Å². The number of rotatable bonds is 2. The highest BCUT2D eigenvalue weighted by atomic mass is 19.4. The molecule has 1 aliphatic rings. The third-order valence-corrected chi connectivity index (χ3v) is 3.73. The highest BCUT2D eigenvalue weighted by Crippen LogP contribution is 2.29. The smallest absolute Gasteiger partial charge is 0.335 e. The van der Waals surface area contributed by atoms with Crippen molar-refractivity contribution < 1.29 is 18.0 Å². The molecule has 0 N–H and O–H groups in total. The minimum atomic E-state index is -4.35. The molecule has 22 heavy (non-hydrogen) atoms. The summed E-state index contributed by atoms with van der Waals surface area (Å²) in [6, 6.07) is 6.59. The van der Waals surface area contributed by atoms with Crippen LogP contribution in [0.15, 0.2) is 36.5 Å². The van der Waals surface area contributed by atoms with Crippen LogP contribution < -0.4 is 0 Å². The van der Waals surface area contributed by atoms with Crippen molar-refractivity contribution in [3.8, 4) is 0 Å². The first-order valence-electron chi connectivity index (χ1n) is 6.88. The highest BCUT2D eigenvalue weighted by molar-refractivity contribution is 5.78. The van der Waals surface area contributed by atoms with E-state index >= 15 is 0 Å². The number of hydrogen-bond donors (Lipinski definition) is 0. The molecule has 1 amide bonds. The molecule has 3 rings (SSSR count). The van der Waals surface area contributed by atoms with Crippen LogP contribution in [0.1, 0.15) is 16.8 Å². The monoisotopic (exact) mass is 309 g/mol. The van der Waals surface area contributed by atoms with Crippen LogP contribution in [0, 0.1) is 0 Å². The molecule has 1 aliphatic heterocycles. The molecular formula is C15H14F3N3O. The van der Waals surface area contributed by atoms with Gasteiger partial charge in [0.15, 0.2) is 0 Å². The standard InChI is InChI=1S/C15H14F3N3O/c16-15(17,18)12-3-1-11(2-4-12)9-14(22)20-7-8-21-13(10-20)5-6-19-21/h1-6H,7-10H2. The van der Waals surface area contributed by atoms with E-state index in [-0.39, 0.29) is 12.3 Å². The molecule has 0 atom stereocenters. The van der Waals surface area contributed by atoms with E-state index in [1.165, 1.54) is 12.1 Å². The minimum absolute atomic E-state index is 0.0905. The van der Waals surface area contributed by atoms with Gasteiger partial charge in [-0.25, -0.2) is 0 Å². The molecular weight excluding hydrogens is 295 g/mol. The molecule has 0 fully saturated rings. The minimum Gasteiger partial charge on any atom is -0.335 e. The van der Waals surface area contributed by atoms with Gasteiger partial charge in [0.2, 0.25) is 5.91 Å². The van der Waals surface area contributed by atoms with Gasteiger partial charge in [-0.2, -0.15) is 18.3 Å². The maximum atomic E-state index is 12.5. The predicted octanol–water partition coefficient (Wildman–Crippen LogP) is 2.49. The number of aromatic nitrogens is 2. The van der Waals surface area contributed by atoms with Crippen LogP contribution in [0.2, 0.25) is 0 Å². The lowest BCUT2D eigenvalue weighted by Gasteiger charge is -2.27. The molecule has 0 saturated heterocycles. The summed E-state index contributed by atoms with van der Waals surface area (Å²) in [5, 5.41) is 4.14. The zero-order valence-corrected chi connectivity index (χ0v) is 11.7. The number of amides is 1. The number of halogens is 3. The number of hydrogen-bond acceptors (Lipinski definition) is 2. The van der Waals surface area contributed by atoms with Crippen molar-refractivity contribution >= 4 is 5.91 Å². The average Bonchev–Trinajstić information content (AvgIpc) is 2.94. The van der Waals surface area contributed by atoms with Crippen molar-refractivity contribution in [1.29, 1.82) is 0 Å². The maximum absolute atomic E-state index is 12.5. The van der Waals surface area contributed by atoms with Crippen molar-refractivity contribution in [1.82, 2.24) is 14.7 Å². The van der Waals surface area contributed by atoms with Crippen molar-refractivity contribution in [2.24, 2.45) is 0 Å². The molecule has 1 aromatic heterocycles. The SMILES string of the molecule is O=C(Cc1ccc(C(F)(F)F)cc1)N1CCn2nccc2C1. The Labute approximate surface area is 125 Å². The van der Waals surface area contributed by atoms with Gasteiger partial charge >= 0.3 is 6.18 Å². The molecule has 0 aliphatic carbocycles. The summed E-state index contributed by atoms with van der Waals surface area (Å²) in [5.41, 5.74) is 0.842. The third kappa shape index (κ3) is 2.98. The fraction of sp³-hybridized carbons (Fsp3) is 0.333. The van der Waals surface area contributed by atoms with Gasteiger partial charge in [-0.15, -0.1) is 0 Å². The fourth-order valence-corrected chi connectivity index (χ4v) is 2.50. The summed E-state index contributed by atoms with van der Waals surface area (Å²) in [4.78, 5) is 14.0. The van der Waals surface area contributed by atoms with E-state index in [1.54, 1.807) is 11.1 Å². The second-order valence-electron chi connectivity index (χ2n) is 5.23. The maximum Gasteiger partial charge on any atom is 0.416 e. The Hall–Kier alpha value is -2.31. The lowest BCUT2D eigenvalue weighted by molar-refractivity contribution is -0.137. The molecule has 1 aromatic carbocycles. The Kier molecular flexibility index (Phi) is 3.64. The number of carbonyl (C=O) groups is 1. The quantitative estimate of drug-likeness (QED) is 0.855. The molecule has 0 saturated carbocycles. The van der Waals surface area contributed by atoms with Crippen molar-refractivity contribution in [2.45, 2.75) is 25.7 Å². The topological polar surface area (TPSA) is 38.1 Å². The van der Waals surface area contributed by atoms with Gasteiger partial charge < -0.3 is 4.90 Å². The number of nitrogens with zero attached hydrogens (tertiary/aromatic N) is 3. The first kappa shape index (κ1) is 14.6. The highest BCUT2D eigenvalue weighted by Gasteiger charge is 2.30. The molecule has 0 radical (unpaired) electrons. The van der Waals surface area contributed by atoms with Gasteiger partial charge in [-0.05, 0) is 23.8 Å². The van der Waals surface area contributed by atoms with Gasteiger partial charge in [0.1, 0.15) is 0 Å². The second-order valence-corrected chi connectivity index (χ2v) is 5.23. The molecule has 4 nitrogen and oxygen atoms in total. The van der Waals surface area contributed by atoms with Crippen LogP contribution in [0.25, 0.3) is 0 Å². The summed E-state index contributed by atoms with van der Waals surface area (Å²) in [7, 11) is 0. The fourth-order valence-electron chi connectivity index (χ4n) is 2.50. The van der Waals surface area contributed by atoms with E-state index in [2.05, 4.69) is 5.10 Å². The number of alkyl halides is 3. The molecule has 0 bridgehead atoms. The second kappa shape index (κ2) is 5.47. The van der Waals surface area contributed by atoms with E-state index in [9.17, 15) is 18.0 Å². The molecule has 2 heterocycles. The molecule has 0 spiro atoms. The van der Waals surface area contributed by atoms with Gasteiger partial charge in [0, 0.05) is 12.7 Å². The molecule has 0 unspecified atom stereocenters. The first-order chi connectivity index (χ1) is 10.4. The molecule has 2 aromatic rings. The van der Waals surface area contributed by atoms with Crippen LogP contribution in [-0.2, 0) is 30.5 Å². The van der Waals surface area contributed by atoms with Crippen molar-refractivity contribution in [3.05, 3.63) is 53.3 Å². The normalized spacial score (nSPS) is 14.8. The van der Waals surface area contributed by atoms with Gasteiger partial charge in [-0.1, -0.05) is 12.1 Å². The average molecular weight is 309 g/mol. The van der Waals surface area contributed by atoms with Crippen molar-refractivity contribution in [3.63, 3.8) is 0 Å². The van der Waals surface area contributed by atoms with Crippen LogP contribution in [0.5, 0.6) is 0 Å². The predicted molar refractivity (Wildman–Crippen MR) is 72.8 cm³/mol. The Bertz CT molecular complexity index is 676. The van der Waals surface area contributed by atoms with E-state index in [1.807, 2.05) is 10.7 Å². The summed E-state index contributed by atoms with van der Waals surface area (Å²) in [5.74, 6) is -0.0905. The lowest BCUT2D eigenvalue weighted by Crippen LogP contribution is -2.39. The third-order valence-electron chi connectivity index (χ3n) is 3.73. The van der Waals surface area contributed by atoms with Crippen LogP contribution in [0.3, 0.4) is 0 Å². The Morgan fingerprint density at radius 2 is 1.86 bits per heavy atom. The van der Waals surface area contributed by atoms with Crippen molar-refractivity contribution in [2.75, 3.05) is 6.54 Å². The molecule has 116 valence electrons. The summed E-state index contributed by atoms with van der Waals surface area (Å²) >= 11 is 0. The van der Waals surface area contributed by atoms with Gasteiger partial charge in [0.05, 0.1) is 30.8 Å². The number of fused-ring (bicyclic) bond motifs is 1. The lowest BCUT2D eigenvalue weighted by atomic mass is 10.1. The zero-order chi connectivity index (χ0) is 15.7. The number of carbonyl (C=O) groups excluding carboxylic acids is 1. The Morgan fingerprint density at radius 3 is 2.55 bits per heavy atom. The van der Waals surface area contributed by atoms with Crippen LogP contribution in [0.4, 0.5) is 13.2 Å². The van der Waals surface area contributed by atoms with E-state index in [0.29, 0.717) is 25.2 Å². The largest absolute Gasteiger partial charge is 0.416 e. The summed E-state index contributed by atoms with van der Waals surface area (Å²) in [6.07, 6.45) is -2.56. The van der Waals surface area contributed by atoms with Gasteiger partial charge in [0.25, 0.3) is 0 Å². The van der Waals surface area contributed by atoms with Crippen LogP contribution in [-0.4, -0.2) is 27.1 Å². The first-order valence-corrected chi connectivity index (χ1v) is 6.88.